The molecule has 1 saturated heterocycles. The van der Waals surface area contributed by atoms with Gasteiger partial charge in [-0.15, -0.1) is 0 Å². The lowest BCUT2D eigenvalue weighted by molar-refractivity contribution is -0.166. The van der Waals surface area contributed by atoms with E-state index < -0.39 is 23.3 Å². The normalized spacial score (nSPS) is 19.4. The minimum Gasteiger partial charge on any atom is -0.338 e. The van der Waals surface area contributed by atoms with Gasteiger partial charge in [0.15, 0.2) is 11.6 Å². The van der Waals surface area contributed by atoms with Crippen LogP contribution in [0.1, 0.15) is 36.2 Å². The van der Waals surface area contributed by atoms with Crippen LogP contribution in [0.3, 0.4) is 0 Å². The molecule has 1 aliphatic heterocycles. The van der Waals surface area contributed by atoms with Gasteiger partial charge in [0, 0.05) is 19.0 Å². The molecule has 3 aromatic heterocycles. The smallest absolute Gasteiger partial charge is 0.338 e. The topological polar surface area (TPSA) is 81.7 Å². The molecule has 1 saturated carbocycles. The summed E-state index contributed by atoms with van der Waals surface area (Å²) < 4.78 is 60.3. The first-order valence-corrected chi connectivity index (χ1v) is 8.49. The Hall–Kier alpha value is -2.56. The second kappa shape index (κ2) is 5.47. The van der Waals surface area contributed by atoms with Crippen LogP contribution in [-0.2, 0) is 12.0 Å². The molecule has 0 unspecified atom stereocenters. The number of aromatic nitrogens is 5. The molecular weight excluding hydrogens is 368 g/mol. The van der Waals surface area contributed by atoms with E-state index in [9.17, 15) is 17.6 Å². The van der Waals surface area contributed by atoms with Gasteiger partial charge in [0.1, 0.15) is 12.0 Å². The summed E-state index contributed by atoms with van der Waals surface area (Å²) in [6.07, 6.45) is -1.95. The molecule has 27 heavy (non-hydrogen) atoms. The summed E-state index contributed by atoms with van der Waals surface area (Å²) in [5.41, 5.74) is -0.984. The van der Waals surface area contributed by atoms with Gasteiger partial charge in [0.2, 0.25) is 5.89 Å². The number of hydrogen-bond acceptors (Lipinski definition) is 6. The summed E-state index contributed by atoms with van der Waals surface area (Å²) in [6, 6.07) is 0. The van der Waals surface area contributed by atoms with Crippen LogP contribution in [0.2, 0.25) is 0 Å². The average molecular weight is 382 g/mol. The molecule has 2 fully saturated rings. The molecule has 4 heterocycles. The molecule has 1 N–H and O–H groups in total. The summed E-state index contributed by atoms with van der Waals surface area (Å²) in [4.78, 5) is 7.79. The molecule has 0 bridgehead atoms. The maximum Gasteiger partial charge on any atom is 0.403 e. The Morgan fingerprint density at radius 1 is 1.26 bits per heavy atom. The van der Waals surface area contributed by atoms with E-state index in [1.807, 2.05) is 0 Å². The van der Waals surface area contributed by atoms with Crippen molar-refractivity contribution in [2.45, 2.75) is 36.9 Å². The zero-order chi connectivity index (χ0) is 18.8. The zero-order valence-electron chi connectivity index (χ0n) is 13.9. The third-order valence-electron chi connectivity index (χ3n) is 5.27. The number of hydrogen-bond donors (Lipinski definition) is 1. The minimum absolute atomic E-state index is 0.0286. The van der Waals surface area contributed by atoms with Crippen molar-refractivity contribution in [1.82, 2.24) is 30.2 Å². The summed E-state index contributed by atoms with van der Waals surface area (Å²) >= 11 is 0. The van der Waals surface area contributed by atoms with Crippen LogP contribution in [-0.4, -0.2) is 44.2 Å². The van der Waals surface area contributed by atoms with Crippen molar-refractivity contribution in [3.8, 4) is 0 Å². The summed E-state index contributed by atoms with van der Waals surface area (Å²) in [5.74, 6) is -0.767. The summed E-state index contributed by atoms with van der Waals surface area (Å²) in [6.45, 7) is 1.35. The molecule has 7 nitrogen and oxygen atoms in total. The maximum absolute atomic E-state index is 14.3. The molecule has 5 rings (SSSR count). The van der Waals surface area contributed by atoms with Crippen molar-refractivity contribution in [2.75, 3.05) is 13.1 Å². The minimum atomic E-state index is -4.42. The van der Waals surface area contributed by atoms with Crippen LogP contribution in [0, 0.1) is 5.82 Å². The van der Waals surface area contributed by atoms with E-state index in [4.69, 9.17) is 4.52 Å². The number of alkyl halides is 3. The van der Waals surface area contributed by atoms with Gasteiger partial charge in [0.05, 0.1) is 29.0 Å². The molecule has 0 amide bonds. The van der Waals surface area contributed by atoms with Crippen molar-refractivity contribution in [3.05, 3.63) is 35.6 Å². The van der Waals surface area contributed by atoms with Gasteiger partial charge >= 0.3 is 6.18 Å². The van der Waals surface area contributed by atoms with Crippen molar-refractivity contribution >= 4 is 10.9 Å². The third-order valence-corrected chi connectivity index (χ3v) is 5.27. The largest absolute Gasteiger partial charge is 0.403 e. The molecule has 0 aromatic carbocycles. The number of halogens is 4. The molecule has 0 atom stereocenters. The number of nitrogens with zero attached hydrogens (tertiary/aromatic N) is 5. The standard InChI is InChI=1S/C16H14F4N6O/c17-9-5-22-6-10-12(9)13(8-3-21-4-8)24-26(10)7-11-23-14(27-25-11)15(1-2-15)16(18,19)20/h5-6,8,21H,1-4,7H2. The Kier molecular flexibility index (Phi) is 3.37. The van der Waals surface area contributed by atoms with Gasteiger partial charge in [-0.1, -0.05) is 5.16 Å². The number of rotatable bonds is 4. The van der Waals surface area contributed by atoms with Crippen LogP contribution >= 0.6 is 0 Å². The molecule has 0 radical (unpaired) electrons. The number of fused-ring (bicyclic) bond motifs is 1. The Bertz CT molecular complexity index is 1020. The lowest BCUT2D eigenvalue weighted by Gasteiger charge is -2.25. The van der Waals surface area contributed by atoms with Crippen molar-refractivity contribution in [3.63, 3.8) is 0 Å². The van der Waals surface area contributed by atoms with E-state index in [2.05, 4.69) is 25.5 Å². The van der Waals surface area contributed by atoms with Crippen LogP contribution in [0.5, 0.6) is 0 Å². The lowest BCUT2D eigenvalue weighted by atomic mass is 9.97. The van der Waals surface area contributed by atoms with Crippen LogP contribution in [0.15, 0.2) is 16.9 Å². The number of pyridine rings is 1. The second-order valence-electron chi connectivity index (χ2n) is 7.01. The third kappa shape index (κ3) is 2.44. The van der Waals surface area contributed by atoms with Gasteiger partial charge in [-0.05, 0) is 12.8 Å². The highest BCUT2D eigenvalue weighted by atomic mass is 19.4. The van der Waals surface area contributed by atoms with Crippen LogP contribution < -0.4 is 5.32 Å². The highest BCUT2D eigenvalue weighted by molar-refractivity contribution is 5.82. The van der Waals surface area contributed by atoms with Crippen LogP contribution in [0.25, 0.3) is 10.9 Å². The first kappa shape index (κ1) is 16.6. The predicted molar refractivity (Wildman–Crippen MR) is 83.5 cm³/mol. The highest BCUT2D eigenvalue weighted by Crippen LogP contribution is 2.58. The van der Waals surface area contributed by atoms with Gasteiger partial charge in [-0.2, -0.15) is 23.3 Å². The van der Waals surface area contributed by atoms with Crippen molar-refractivity contribution in [1.29, 1.82) is 0 Å². The molecular formula is C16H14F4N6O. The monoisotopic (exact) mass is 382 g/mol. The lowest BCUT2D eigenvalue weighted by Crippen LogP contribution is -2.40. The van der Waals surface area contributed by atoms with Gasteiger partial charge in [-0.3, -0.25) is 9.67 Å². The molecule has 11 heteroatoms. The Morgan fingerprint density at radius 3 is 2.67 bits per heavy atom. The summed E-state index contributed by atoms with van der Waals surface area (Å²) in [7, 11) is 0. The average Bonchev–Trinajstić information content (AvgIpc) is 3.14. The molecule has 1 aliphatic carbocycles. The highest BCUT2D eigenvalue weighted by Gasteiger charge is 2.68. The molecule has 3 aromatic rings. The first-order valence-electron chi connectivity index (χ1n) is 8.49. The fourth-order valence-corrected chi connectivity index (χ4v) is 3.39. The van der Waals surface area contributed by atoms with Crippen molar-refractivity contribution in [2.24, 2.45) is 0 Å². The summed E-state index contributed by atoms with van der Waals surface area (Å²) in [5, 5.41) is 11.6. The second-order valence-corrected chi connectivity index (χ2v) is 7.01. The van der Waals surface area contributed by atoms with Crippen LogP contribution in [0.4, 0.5) is 17.6 Å². The fourth-order valence-electron chi connectivity index (χ4n) is 3.39. The molecule has 142 valence electrons. The van der Waals surface area contributed by atoms with E-state index in [0.29, 0.717) is 29.7 Å². The Labute approximate surface area is 149 Å². The zero-order valence-corrected chi connectivity index (χ0v) is 13.9. The van der Waals surface area contributed by atoms with Gasteiger partial charge in [-0.25, -0.2) is 4.39 Å². The van der Waals surface area contributed by atoms with E-state index in [-0.39, 0.29) is 31.1 Å². The fraction of sp³-hybridized carbons (Fsp3) is 0.500. The maximum atomic E-state index is 14.3. The molecule has 2 aliphatic rings. The quantitative estimate of drug-likeness (QED) is 0.698. The molecule has 0 spiro atoms. The van der Waals surface area contributed by atoms with Crippen molar-refractivity contribution < 1.29 is 22.1 Å². The van der Waals surface area contributed by atoms with E-state index in [1.54, 1.807) is 0 Å². The van der Waals surface area contributed by atoms with Gasteiger partial charge < -0.3 is 9.84 Å². The predicted octanol–water partition coefficient (Wildman–Crippen LogP) is 2.28. The van der Waals surface area contributed by atoms with E-state index >= 15 is 0 Å². The van der Waals surface area contributed by atoms with E-state index in [0.717, 1.165) is 6.20 Å². The Balaban J connectivity index is 1.50. The SMILES string of the molecule is Fc1cncc2c1c(C1CNC1)nn2Cc1noc(C2(C(F)(F)F)CC2)n1. The first-order chi connectivity index (χ1) is 12.9. The Morgan fingerprint density at radius 2 is 2.04 bits per heavy atom. The van der Waals surface area contributed by atoms with Gasteiger partial charge in [0.25, 0.3) is 0 Å². The van der Waals surface area contributed by atoms with E-state index in [1.165, 1.54) is 10.9 Å². The number of nitrogens with one attached hydrogen (secondary N) is 1.